The maximum Gasteiger partial charge on any atom is 0.248 e. The summed E-state index contributed by atoms with van der Waals surface area (Å²) < 4.78 is 31.4. The lowest BCUT2D eigenvalue weighted by Gasteiger charge is -2.05. The van der Waals surface area contributed by atoms with E-state index in [0.29, 0.717) is 32.7 Å². The Bertz CT molecular complexity index is 843. The standard InChI is InChI=1S/C14H19BrClN4O3S2/c1-24(2)6-4-5-23-9-20-14(25(3,21)22)18-13(19-20)12-11(16)7-10(15)8-17-12/h7-8H,4-6,9H2,1-3H3/q+1. The topological polar surface area (TPSA) is 87.0 Å². The number of pyridine rings is 1. The molecule has 0 spiro atoms. The Balaban J connectivity index is 2.22. The van der Waals surface area contributed by atoms with Gasteiger partial charge in [0.05, 0.1) is 24.1 Å². The van der Waals surface area contributed by atoms with E-state index in [0.717, 1.165) is 18.4 Å². The molecule has 0 saturated heterocycles. The third-order valence-corrected chi connectivity index (χ3v) is 5.84. The molecule has 0 unspecified atom stereocenters. The van der Waals surface area contributed by atoms with E-state index in [4.69, 9.17) is 16.3 Å². The molecular formula is C14H19BrClN4O3S2+. The number of aromatic nitrogens is 4. The number of nitrogens with zero attached hydrogens (tertiary/aromatic N) is 4. The van der Waals surface area contributed by atoms with Crippen molar-refractivity contribution in [1.29, 1.82) is 0 Å². The maximum atomic E-state index is 12.0. The zero-order valence-electron chi connectivity index (χ0n) is 14.1. The Hall–Kier alpha value is -0.680. The van der Waals surface area contributed by atoms with Crippen molar-refractivity contribution in [3.05, 3.63) is 21.8 Å². The first-order valence-corrected chi connectivity index (χ1v) is 12.5. The fraction of sp³-hybridized carbons (Fsp3) is 0.500. The van der Waals surface area contributed by atoms with Crippen molar-refractivity contribution in [2.75, 3.05) is 31.1 Å². The molecule has 2 heterocycles. The molecule has 0 amide bonds. The van der Waals surface area contributed by atoms with E-state index in [1.165, 1.54) is 4.68 Å². The van der Waals surface area contributed by atoms with Crippen LogP contribution < -0.4 is 0 Å². The van der Waals surface area contributed by atoms with Crippen LogP contribution in [0.2, 0.25) is 5.02 Å². The van der Waals surface area contributed by atoms with E-state index in [2.05, 4.69) is 43.5 Å². The molecule has 0 atom stereocenters. The fourth-order valence-corrected chi connectivity index (χ4v) is 4.10. The van der Waals surface area contributed by atoms with Gasteiger partial charge in [-0.2, -0.15) is 4.98 Å². The average molecular weight is 471 g/mol. The fourth-order valence-electron chi connectivity index (χ4n) is 1.97. The molecule has 0 bridgehead atoms. The van der Waals surface area contributed by atoms with Crippen molar-refractivity contribution in [2.45, 2.75) is 18.3 Å². The van der Waals surface area contributed by atoms with Crippen molar-refractivity contribution in [1.82, 2.24) is 19.7 Å². The molecule has 0 aliphatic carbocycles. The molecule has 0 fully saturated rings. The second kappa shape index (κ2) is 8.81. The predicted octanol–water partition coefficient (Wildman–Crippen LogP) is 2.40. The van der Waals surface area contributed by atoms with Crippen LogP contribution in [0.5, 0.6) is 0 Å². The number of ether oxygens (including phenoxy) is 1. The summed E-state index contributed by atoms with van der Waals surface area (Å²) in [5.74, 6) is 1.21. The summed E-state index contributed by atoms with van der Waals surface area (Å²) in [5.41, 5.74) is 0.314. The summed E-state index contributed by atoms with van der Waals surface area (Å²) in [4.78, 5) is 8.25. The van der Waals surface area contributed by atoms with Gasteiger partial charge in [0.25, 0.3) is 0 Å². The molecule has 0 aliphatic heterocycles. The van der Waals surface area contributed by atoms with Crippen molar-refractivity contribution < 1.29 is 13.2 Å². The molecule has 2 aromatic heterocycles. The first-order valence-electron chi connectivity index (χ1n) is 7.26. The molecule has 7 nitrogen and oxygen atoms in total. The van der Waals surface area contributed by atoms with E-state index >= 15 is 0 Å². The Morgan fingerprint density at radius 2 is 2.12 bits per heavy atom. The third kappa shape index (κ3) is 5.92. The normalized spacial score (nSPS) is 12.1. The summed E-state index contributed by atoms with van der Waals surface area (Å²) >= 11 is 9.42. The highest BCUT2D eigenvalue weighted by atomic mass is 79.9. The van der Waals surface area contributed by atoms with Gasteiger partial charge in [0.2, 0.25) is 20.8 Å². The van der Waals surface area contributed by atoms with E-state index in [1.54, 1.807) is 12.3 Å². The average Bonchev–Trinajstić information content (AvgIpc) is 2.90. The van der Waals surface area contributed by atoms with Gasteiger partial charge in [-0.25, -0.2) is 13.1 Å². The van der Waals surface area contributed by atoms with Gasteiger partial charge in [0.1, 0.15) is 18.2 Å². The molecule has 25 heavy (non-hydrogen) atoms. The molecule has 0 aliphatic rings. The SMILES string of the molecule is C[S+](C)CCCOCn1nc(-c2ncc(Br)cc2Cl)nc1S(C)(=O)=O. The van der Waals surface area contributed by atoms with Crippen LogP contribution in [-0.4, -0.2) is 59.3 Å². The van der Waals surface area contributed by atoms with Crippen LogP contribution >= 0.6 is 27.5 Å². The zero-order chi connectivity index (χ0) is 18.6. The lowest BCUT2D eigenvalue weighted by atomic mass is 10.3. The zero-order valence-corrected chi connectivity index (χ0v) is 18.0. The van der Waals surface area contributed by atoms with E-state index < -0.39 is 9.84 Å². The largest absolute Gasteiger partial charge is 0.359 e. The minimum absolute atomic E-state index is 0.00472. The highest BCUT2D eigenvalue weighted by molar-refractivity contribution is 9.10. The molecule has 11 heteroatoms. The minimum Gasteiger partial charge on any atom is -0.359 e. The van der Waals surface area contributed by atoms with E-state index in [9.17, 15) is 8.42 Å². The van der Waals surface area contributed by atoms with Gasteiger partial charge in [-0.3, -0.25) is 4.98 Å². The molecule has 0 aromatic carbocycles. The van der Waals surface area contributed by atoms with Crippen molar-refractivity contribution in [3.8, 4) is 11.5 Å². The summed E-state index contributed by atoms with van der Waals surface area (Å²) in [6, 6.07) is 1.65. The Morgan fingerprint density at radius 3 is 2.72 bits per heavy atom. The third-order valence-electron chi connectivity index (χ3n) is 3.04. The first-order chi connectivity index (χ1) is 11.7. The molecule has 138 valence electrons. The number of halogens is 2. The Morgan fingerprint density at radius 1 is 1.40 bits per heavy atom. The summed E-state index contributed by atoms with van der Waals surface area (Å²) in [6.45, 7) is 0.533. The van der Waals surface area contributed by atoms with Crippen molar-refractivity contribution in [3.63, 3.8) is 0 Å². The minimum atomic E-state index is -3.57. The van der Waals surface area contributed by atoms with Gasteiger partial charge >= 0.3 is 0 Å². The molecule has 0 saturated carbocycles. The van der Waals surface area contributed by atoms with E-state index in [1.807, 2.05) is 0 Å². The van der Waals surface area contributed by atoms with Gasteiger partial charge in [-0.1, -0.05) is 11.6 Å². The van der Waals surface area contributed by atoms with Crippen LogP contribution in [0, 0.1) is 0 Å². The van der Waals surface area contributed by atoms with Crippen LogP contribution in [0.15, 0.2) is 21.9 Å². The first kappa shape index (κ1) is 20.6. The molecular weight excluding hydrogens is 452 g/mol. The summed E-state index contributed by atoms with van der Waals surface area (Å²) in [6.07, 6.45) is 7.87. The predicted molar refractivity (Wildman–Crippen MR) is 104 cm³/mol. The van der Waals surface area contributed by atoms with Crippen LogP contribution in [0.3, 0.4) is 0 Å². The van der Waals surface area contributed by atoms with Gasteiger partial charge in [-0.15, -0.1) is 5.10 Å². The monoisotopic (exact) mass is 469 g/mol. The van der Waals surface area contributed by atoms with Crippen molar-refractivity contribution >= 4 is 48.3 Å². The van der Waals surface area contributed by atoms with Crippen LogP contribution in [-0.2, 0) is 32.2 Å². The summed E-state index contributed by atoms with van der Waals surface area (Å²) in [7, 11) is -3.21. The quantitative estimate of drug-likeness (QED) is 0.435. The lowest BCUT2D eigenvalue weighted by molar-refractivity contribution is 0.0631. The molecule has 2 rings (SSSR count). The number of hydrogen-bond donors (Lipinski definition) is 0. The maximum absolute atomic E-state index is 12.0. The van der Waals surface area contributed by atoms with Crippen molar-refractivity contribution in [2.24, 2.45) is 0 Å². The van der Waals surface area contributed by atoms with Gasteiger partial charge < -0.3 is 4.74 Å². The van der Waals surface area contributed by atoms with Gasteiger partial charge in [-0.05, 0) is 32.9 Å². The second-order valence-electron chi connectivity index (χ2n) is 5.55. The smallest absolute Gasteiger partial charge is 0.248 e. The molecule has 2 aromatic rings. The highest BCUT2D eigenvalue weighted by Gasteiger charge is 2.22. The number of rotatable bonds is 8. The Labute approximate surface area is 163 Å². The molecule has 0 radical (unpaired) electrons. The lowest BCUT2D eigenvalue weighted by Crippen LogP contribution is -2.14. The number of sulfone groups is 1. The molecule has 0 N–H and O–H groups in total. The van der Waals surface area contributed by atoms with Gasteiger partial charge in [0.15, 0.2) is 0 Å². The van der Waals surface area contributed by atoms with Crippen LogP contribution in [0.4, 0.5) is 0 Å². The second-order valence-corrected chi connectivity index (χ2v) is 11.2. The van der Waals surface area contributed by atoms with Crippen LogP contribution in [0.1, 0.15) is 6.42 Å². The Kier molecular flexibility index (Phi) is 7.27. The number of hydrogen-bond acceptors (Lipinski definition) is 6. The highest BCUT2D eigenvalue weighted by Crippen LogP contribution is 2.26. The van der Waals surface area contributed by atoms with Crippen LogP contribution in [0.25, 0.3) is 11.5 Å². The summed E-state index contributed by atoms with van der Waals surface area (Å²) in [5, 5.41) is 4.36. The van der Waals surface area contributed by atoms with Gasteiger partial charge in [0, 0.05) is 23.3 Å². The van der Waals surface area contributed by atoms with E-state index in [-0.39, 0.29) is 17.7 Å².